The second-order valence-corrected chi connectivity index (χ2v) is 53.1. The van der Waals surface area contributed by atoms with Gasteiger partial charge in [-0.25, -0.2) is 4.79 Å². The van der Waals surface area contributed by atoms with Crippen LogP contribution in [0.1, 0.15) is 212 Å². The topological polar surface area (TPSA) is 163 Å². The number of amides is 1. The van der Waals surface area contributed by atoms with Crippen molar-refractivity contribution in [3.05, 3.63) is 132 Å². The first-order valence-electron chi connectivity index (χ1n) is 36.6. The van der Waals surface area contributed by atoms with Gasteiger partial charge in [-0.15, -0.1) is 0 Å². The summed E-state index contributed by atoms with van der Waals surface area (Å²) in [5.41, 5.74) is 3.66. The van der Waals surface area contributed by atoms with E-state index in [4.69, 9.17) is 41.4 Å². The lowest BCUT2D eigenvalue weighted by atomic mass is 9.75. The smallest absolute Gasteiger partial charge is 0.342 e. The van der Waals surface area contributed by atoms with Crippen LogP contribution in [-0.2, 0) is 59.9 Å². The standard InChI is InChI=1S/C81H129NO13Si4/c1-53(2)97(54(3)4,55(5)6)92-70-49-71(93-98(56(7)8,57(9)10)58(11)12)75-67(60(70)14)48-68(91-78(75)86)61(15)69(89-62(16)83)50-74(90-63(17)84)81(24,25)73(94-96(27,28)79(18,19)20)45-38-46-82-77(85)76(72(87-26)47-59(13)51-88-52-64-39-32-29-33-40-64)95-99(80(21,22)23,65-41-34-30-35-42-65)66-43-36-31-37-44-66/h29-44,46,49,53-59,61,68-69,72-74,76H,45,47-48,50-52H2,1-28H3,(H,82,85)/b46-38+/t59?,61-,68+,69-,72-,73+,74+,76-/m0/s1. The summed E-state index contributed by atoms with van der Waals surface area (Å²) in [5.74, 6) is -1.31. The van der Waals surface area contributed by atoms with E-state index in [1.165, 1.54) is 13.8 Å². The van der Waals surface area contributed by atoms with Crippen LogP contribution in [0.5, 0.6) is 11.5 Å². The number of cyclic esters (lactones) is 1. The van der Waals surface area contributed by atoms with E-state index in [0.717, 1.165) is 32.8 Å². The molecule has 8 atom stereocenters. The van der Waals surface area contributed by atoms with Gasteiger partial charge in [-0.05, 0) is 115 Å². The maximum Gasteiger partial charge on any atom is 0.342 e. The van der Waals surface area contributed by atoms with E-state index in [0.29, 0.717) is 37.4 Å². The van der Waals surface area contributed by atoms with Gasteiger partial charge >= 0.3 is 17.9 Å². The zero-order valence-corrected chi connectivity index (χ0v) is 70.0. The Morgan fingerprint density at radius 1 is 0.616 bits per heavy atom. The second-order valence-electron chi connectivity index (χ2n) is 33.3. The number of rotatable bonds is 36. The average molecular weight is 1440 g/mol. The lowest BCUT2D eigenvalue weighted by molar-refractivity contribution is -0.168. The van der Waals surface area contributed by atoms with Gasteiger partial charge in [-0.2, -0.15) is 0 Å². The van der Waals surface area contributed by atoms with Gasteiger partial charge in [0.05, 0.1) is 18.8 Å². The molecule has 18 heteroatoms. The summed E-state index contributed by atoms with van der Waals surface area (Å²) in [6, 6.07) is 32.6. The average Bonchev–Trinajstić information content (AvgIpc) is 0.746. The van der Waals surface area contributed by atoms with Crippen molar-refractivity contribution in [2.45, 2.75) is 298 Å². The molecule has 1 aliphatic heterocycles. The molecular weight excluding hydrogens is 1310 g/mol. The number of hydrogen-bond donors (Lipinski definition) is 1. The summed E-state index contributed by atoms with van der Waals surface area (Å²) >= 11 is 0. The molecule has 1 heterocycles. The zero-order chi connectivity index (χ0) is 74.6. The molecule has 1 unspecified atom stereocenters. The van der Waals surface area contributed by atoms with Crippen molar-refractivity contribution in [3.63, 3.8) is 0 Å². The number of hydrogen-bond acceptors (Lipinski definition) is 13. The van der Waals surface area contributed by atoms with E-state index in [2.05, 4.69) is 174 Å². The lowest BCUT2D eigenvalue weighted by Gasteiger charge is -2.47. The van der Waals surface area contributed by atoms with Crippen LogP contribution in [-0.4, -0.2) is 107 Å². The van der Waals surface area contributed by atoms with Crippen LogP contribution in [0.3, 0.4) is 0 Å². The van der Waals surface area contributed by atoms with Gasteiger partial charge in [0.15, 0.2) is 14.4 Å². The van der Waals surface area contributed by atoms with Crippen molar-refractivity contribution in [2.75, 3.05) is 13.7 Å². The van der Waals surface area contributed by atoms with E-state index in [1.54, 1.807) is 13.3 Å². The van der Waals surface area contributed by atoms with Gasteiger partial charge in [0.2, 0.25) is 0 Å². The third-order valence-corrected chi connectivity index (χ3v) is 43.6. The number of methoxy groups -OCH3 is 1. The summed E-state index contributed by atoms with van der Waals surface area (Å²) in [6.07, 6.45) is -0.312. The minimum atomic E-state index is -3.36. The molecule has 1 aliphatic rings. The number of nitrogens with one attached hydrogen (secondary N) is 1. The van der Waals surface area contributed by atoms with Gasteiger partial charge in [-0.1, -0.05) is 249 Å². The highest BCUT2D eigenvalue weighted by Crippen LogP contribution is 2.51. The Kier molecular flexibility index (Phi) is 30.1. The maximum atomic E-state index is 15.5. The molecule has 0 fully saturated rings. The van der Waals surface area contributed by atoms with Crippen LogP contribution in [0.4, 0.5) is 0 Å². The molecule has 0 aromatic heterocycles. The first kappa shape index (κ1) is 84.5. The predicted octanol–water partition coefficient (Wildman–Crippen LogP) is 18.7. The van der Waals surface area contributed by atoms with Crippen LogP contribution in [0.25, 0.3) is 0 Å². The van der Waals surface area contributed by atoms with E-state index < -0.39 is 104 Å². The Balaban J connectivity index is 1.60. The second kappa shape index (κ2) is 35.3. The molecule has 0 saturated carbocycles. The monoisotopic (exact) mass is 1440 g/mol. The van der Waals surface area contributed by atoms with Crippen molar-refractivity contribution >= 4 is 67.5 Å². The summed E-state index contributed by atoms with van der Waals surface area (Å²) in [5, 5.41) is 4.52. The molecule has 1 amide bonds. The summed E-state index contributed by atoms with van der Waals surface area (Å²) in [7, 11) is -9.56. The van der Waals surface area contributed by atoms with Crippen LogP contribution < -0.4 is 24.5 Å². The highest BCUT2D eigenvalue weighted by atomic mass is 28.4. The van der Waals surface area contributed by atoms with Crippen molar-refractivity contribution in [2.24, 2.45) is 17.3 Å². The van der Waals surface area contributed by atoms with Gasteiger partial charge in [0.1, 0.15) is 35.4 Å². The van der Waals surface area contributed by atoms with Crippen LogP contribution in [0.15, 0.2) is 109 Å². The number of fused-ring (bicyclic) bond motifs is 1. The Morgan fingerprint density at radius 2 is 1.09 bits per heavy atom. The number of benzene rings is 4. The fourth-order valence-corrected chi connectivity index (χ4v) is 32.3. The molecule has 0 radical (unpaired) electrons. The molecule has 4 aromatic carbocycles. The molecule has 0 spiro atoms. The van der Waals surface area contributed by atoms with Gasteiger partial charge in [-0.3, -0.25) is 14.4 Å². The third kappa shape index (κ3) is 20.0. The van der Waals surface area contributed by atoms with Crippen LogP contribution in [0.2, 0.25) is 56.4 Å². The Hall–Kier alpha value is -5.19. The summed E-state index contributed by atoms with van der Waals surface area (Å²) < 4.78 is 62.4. The van der Waals surface area contributed by atoms with Crippen molar-refractivity contribution in [3.8, 4) is 11.5 Å². The van der Waals surface area contributed by atoms with E-state index >= 15 is 9.59 Å². The maximum absolute atomic E-state index is 15.5. The van der Waals surface area contributed by atoms with E-state index in [1.807, 2.05) is 107 Å². The number of carbonyl (C=O) groups excluding carboxylic acids is 4. The number of esters is 3. The Labute approximate surface area is 602 Å². The minimum Gasteiger partial charge on any atom is -0.542 e. The van der Waals surface area contributed by atoms with E-state index in [9.17, 15) is 9.59 Å². The normalized spacial score (nSPS) is 16.7. The van der Waals surface area contributed by atoms with Crippen LogP contribution >= 0.6 is 0 Å². The van der Waals surface area contributed by atoms with Crippen molar-refractivity contribution < 1.29 is 60.6 Å². The highest BCUT2D eigenvalue weighted by Gasteiger charge is 2.55. The third-order valence-electron chi connectivity index (χ3n) is 22.1. The molecule has 0 aliphatic carbocycles. The molecule has 0 bridgehead atoms. The Bertz CT molecular complexity index is 3180. The first-order chi connectivity index (χ1) is 46.0. The fraction of sp³-hybridized carbons (Fsp3) is 0.630. The molecule has 4 aromatic rings. The van der Waals surface area contributed by atoms with Gasteiger partial charge < -0.3 is 46.7 Å². The molecule has 0 saturated heterocycles. The largest absolute Gasteiger partial charge is 0.542 e. The van der Waals surface area contributed by atoms with Crippen LogP contribution in [0, 0.1) is 24.2 Å². The Morgan fingerprint density at radius 3 is 1.54 bits per heavy atom. The first-order valence-corrected chi connectivity index (χ1v) is 45.7. The molecule has 552 valence electrons. The van der Waals surface area contributed by atoms with Gasteiger partial charge in [0.25, 0.3) is 30.9 Å². The van der Waals surface area contributed by atoms with E-state index in [-0.39, 0.29) is 63.0 Å². The summed E-state index contributed by atoms with van der Waals surface area (Å²) in [4.78, 5) is 57.9. The highest BCUT2D eigenvalue weighted by molar-refractivity contribution is 6.99. The molecular formula is C81H129NO13Si4. The van der Waals surface area contributed by atoms with Gasteiger partial charge in [0, 0.05) is 57.8 Å². The van der Waals surface area contributed by atoms with Crippen molar-refractivity contribution in [1.29, 1.82) is 0 Å². The number of carbonyl (C=O) groups is 4. The zero-order valence-electron chi connectivity index (χ0n) is 66.0. The number of ether oxygens (including phenoxy) is 5. The summed E-state index contributed by atoms with van der Waals surface area (Å²) in [6.45, 7) is 58.3. The molecule has 99 heavy (non-hydrogen) atoms. The molecule has 1 N–H and O–H groups in total. The van der Waals surface area contributed by atoms with Crippen molar-refractivity contribution in [1.82, 2.24) is 5.32 Å². The SMILES string of the molecule is CO[C@@H](CC(C)COCc1ccccc1)[C@H](O[Si](c1ccccc1)(c1ccccc1)C(C)(C)C)C(=O)N/C=C/C[C@@H](O[Si](C)(C)C(C)(C)C)C(C)(C)[C@@H](C[C@H](OC(C)=O)[C@@H](C)[C@H]1Cc2c(C)c(O[Si](C(C)C)(C(C)C)C(C)C)cc(O[Si](C(C)C)(C(C)C)C(C)C)c2C(=O)O1)OC(C)=O. The quantitative estimate of drug-likeness (QED) is 0.0260. The minimum absolute atomic E-state index is 0.0195. The fourth-order valence-electron chi connectivity index (χ4n) is 15.6. The molecule has 5 rings (SSSR count). The predicted molar refractivity (Wildman–Crippen MR) is 413 cm³/mol. The molecule has 14 nitrogen and oxygen atoms in total. The lowest BCUT2D eigenvalue weighted by Crippen LogP contribution is -2.69.